The van der Waals surface area contributed by atoms with Crippen LogP contribution in [-0.2, 0) is 10.2 Å². The van der Waals surface area contributed by atoms with Crippen molar-refractivity contribution in [3.63, 3.8) is 0 Å². The van der Waals surface area contributed by atoms with Crippen molar-refractivity contribution < 1.29 is 9.53 Å². The van der Waals surface area contributed by atoms with E-state index in [1.807, 2.05) is 24.3 Å². The summed E-state index contributed by atoms with van der Waals surface area (Å²) in [5, 5.41) is 11.6. The van der Waals surface area contributed by atoms with Gasteiger partial charge in [0, 0.05) is 0 Å². The van der Waals surface area contributed by atoms with Gasteiger partial charge >= 0.3 is 6.09 Å². The molecule has 2 aromatic rings. The van der Waals surface area contributed by atoms with E-state index in [4.69, 9.17) is 10.5 Å². The molecule has 0 saturated carbocycles. The molecule has 0 aliphatic carbocycles. The quantitative estimate of drug-likeness (QED) is 0.923. The molecule has 0 radical (unpaired) electrons. The molecular formula is C14H19N5O2. The number of benzene rings is 1. The Hall–Kier alpha value is -2.44. The Morgan fingerprint density at radius 1 is 1.33 bits per heavy atom. The van der Waals surface area contributed by atoms with Gasteiger partial charge in [-0.2, -0.15) is 4.80 Å². The zero-order valence-corrected chi connectivity index (χ0v) is 12.4. The molecule has 0 spiro atoms. The predicted octanol–water partition coefficient (Wildman–Crippen LogP) is 1.66. The summed E-state index contributed by atoms with van der Waals surface area (Å²) >= 11 is 0. The van der Waals surface area contributed by atoms with Gasteiger partial charge in [-0.15, -0.1) is 10.2 Å². The number of nitrogens with two attached hydrogens (primary N) is 1. The summed E-state index contributed by atoms with van der Waals surface area (Å²) in [4.78, 5) is 12.2. The van der Waals surface area contributed by atoms with Crippen molar-refractivity contribution in [1.29, 1.82) is 0 Å². The van der Waals surface area contributed by atoms with Crippen LogP contribution in [0.3, 0.4) is 0 Å². The third kappa shape index (κ3) is 3.77. The van der Waals surface area contributed by atoms with Crippen LogP contribution in [0.4, 0.5) is 4.79 Å². The maximum atomic E-state index is 10.8. The summed E-state index contributed by atoms with van der Waals surface area (Å²) in [6.45, 7) is 6.50. The molecule has 0 aliphatic rings. The van der Waals surface area contributed by atoms with E-state index < -0.39 is 6.09 Å². The molecule has 7 nitrogen and oxygen atoms in total. The van der Waals surface area contributed by atoms with Crippen LogP contribution in [0.2, 0.25) is 0 Å². The SMILES string of the molecule is CC(C)(C)c1ccc(C(COC(N)=O)n2ncnn2)cc1. The smallest absolute Gasteiger partial charge is 0.404 e. The first kappa shape index (κ1) is 15.0. The van der Waals surface area contributed by atoms with Gasteiger partial charge < -0.3 is 10.5 Å². The number of carbonyl (C=O) groups is 1. The maximum absolute atomic E-state index is 10.8. The van der Waals surface area contributed by atoms with Crippen LogP contribution in [0, 0.1) is 0 Å². The van der Waals surface area contributed by atoms with E-state index in [0.717, 1.165) is 5.56 Å². The van der Waals surface area contributed by atoms with Crippen molar-refractivity contribution in [1.82, 2.24) is 20.2 Å². The topological polar surface area (TPSA) is 95.9 Å². The Morgan fingerprint density at radius 2 is 2.00 bits per heavy atom. The summed E-state index contributed by atoms with van der Waals surface area (Å²) < 4.78 is 4.89. The molecule has 21 heavy (non-hydrogen) atoms. The molecule has 1 amide bonds. The number of rotatable bonds is 4. The van der Waals surface area contributed by atoms with E-state index >= 15 is 0 Å². The normalized spacial score (nSPS) is 12.9. The highest BCUT2D eigenvalue weighted by atomic mass is 16.5. The van der Waals surface area contributed by atoms with Crippen LogP contribution in [0.25, 0.3) is 0 Å². The Balaban J connectivity index is 2.26. The number of ether oxygens (including phenoxy) is 1. The van der Waals surface area contributed by atoms with E-state index in [2.05, 4.69) is 36.2 Å². The van der Waals surface area contributed by atoms with Gasteiger partial charge in [0.05, 0.1) is 0 Å². The monoisotopic (exact) mass is 289 g/mol. The summed E-state index contributed by atoms with van der Waals surface area (Å²) in [5.74, 6) is 0. The minimum absolute atomic E-state index is 0.0561. The fourth-order valence-electron chi connectivity index (χ4n) is 1.98. The van der Waals surface area contributed by atoms with Crippen molar-refractivity contribution in [2.45, 2.75) is 32.2 Å². The van der Waals surface area contributed by atoms with E-state index in [-0.39, 0.29) is 18.1 Å². The molecule has 7 heteroatoms. The van der Waals surface area contributed by atoms with Gasteiger partial charge in [-0.3, -0.25) is 0 Å². The highest BCUT2D eigenvalue weighted by molar-refractivity contribution is 5.64. The number of carbonyl (C=O) groups excluding carboxylic acids is 1. The number of nitrogens with zero attached hydrogens (tertiary/aromatic N) is 4. The van der Waals surface area contributed by atoms with Gasteiger partial charge in [0.25, 0.3) is 0 Å². The molecule has 112 valence electrons. The largest absolute Gasteiger partial charge is 0.447 e. The molecule has 0 saturated heterocycles. The Labute approximate surface area is 123 Å². The molecule has 1 unspecified atom stereocenters. The zero-order valence-electron chi connectivity index (χ0n) is 12.4. The van der Waals surface area contributed by atoms with Crippen molar-refractivity contribution in [2.24, 2.45) is 5.73 Å². The summed E-state index contributed by atoms with van der Waals surface area (Å²) in [6, 6.07) is 7.68. The second-order valence-corrected chi connectivity index (χ2v) is 5.77. The maximum Gasteiger partial charge on any atom is 0.404 e. The lowest BCUT2D eigenvalue weighted by molar-refractivity contribution is 0.139. The summed E-state index contributed by atoms with van der Waals surface area (Å²) in [6.07, 6.45) is 0.507. The van der Waals surface area contributed by atoms with Gasteiger partial charge in [-0.1, -0.05) is 45.0 Å². The predicted molar refractivity (Wildman–Crippen MR) is 76.6 cm³/mol. The zero-order chi connectivity index (χ0) is 15.5. The summed E-state index contributed by atoms with van der Waals surface area (Å²) in [7, 11) is 0. The van der Waals surface area contributed by atoms with Crippen molar-refractivity contribution in [3.8, 4) is 0 Å². The molecule has 0 fully saturated rings. The van der Waals surface area contributed by atoms with E-state index in [1.54, 1.807) is 0 Å². The van der Waals surface area contributed by atoms with Gasteiger partial charge in [0.2, 0.25) is 0 Å². The molecule has 0 bridgehead atoms. The number of primary amides is 1. The van der Waals surface area contributed by atoms with Gasteiger partial charge in [0.15, 0.2) is 6.33 Å². The molecule has 2 N–H and O–H groups in total. The summed E-state index contributed by atoms with van der Waals surface area (Å²) in [5.41, 5.74) is 7.23. The Kier molecular flexibility index (Phi) is 4.21. The number of hydrogen-bond acceptors (Lipinski definition) is 5. The lowest BCUT2D eigenvalue weighted by Gasteiger charge is -2.21. The van der Waals surface area contributed by atoms with Crippen LogP contribution in [0.15, 0.2) is 30.6 Å². The Morgan fingerprint density at radius 3 is 2.48 bits per heavy atom. The van der Waals surface area contributed by atoms with Crippen LogP contribution >= 0.6 is 0 Å². The molecule has 1 aromatic heterocycles. The first-order valence-electron chi connectivity index (χ1n) is 6.63. The molecule has 1 atom stereocenters. The molecule has 0 aliphatic heterocycles. The van der Waals surface area contributed by atoms with Crippen molar-refractivity contribution in [2.75, 3.05) is 6.61 Å². The number of amides is 1. The highest BCUT2D eigenvalue weighted by Gasteiger charge is 2.19. The second-order valence-electron chi connectivity index (χ2n) is 5.77. The van der Waals surface area contributed by atoms with Crippen molar-refractivity contribution >= 4 is 6.09 Å². The fourth-order valence-corrected chi connectivity index (χ4v) is 1.98. The van der Waals surface area contributed by atoms with Gasteiger partial charge in [0.1, 0.15) is 12.6 Å². The third-order valence-electron chi connectivity index (χ3n) is 3.19. The minimum atomic E-state index is -0.827. The molecule has 2 rings (SSSR count). The lowest BCUT2D eigenvalue weighted by atomic mass is 9.86. The Bertz CT molecular complexity index is 587. The van der Waals surface area contributed by atoms with Gasteiger partial charge in [-0.05, 0) is 21.8 Å². The number of aromatic nitrogens is 4. The first-order valence-corrected chi connectivity index (χ1v) is 6.63. The van der Waals surface area contributed by atoms with E-state index in [0.29, 0.717) is 0 Å². The molecular weight excluding hydrogens is 270 g/mol. The standard InChI is InChI=1S/C14H19N5O2/c1-14(2,3)11-6-4-10(5-7-11)12(8-21-13(15)20)19-17-9-16-18-19/h4-7,9,12H,8H2,1-3H3,(H2,15,20). The second kappa shape index (κ2) is 5.90. The lowest BCUT2D eigenvalue weighted by Crippen LogP contribution is -2.24. The van der Waals surface area contributed by atoms with E-state index in [9.17, 15) is 4.79 Å². The highest BCUT2D eigenvalue weighted by Crippen LogP contribution is 2.25. The average molecular weight is 289 g/mol. The first-order chi connectivity index (χ1) is 9.88. The fraction of sp³-hybridized carbons (Fsp3) is 0.429. The van der Waals surface area contributed by atoms with Crippen molar-refractivity contribution in [3.05, 3.63) is 41.7 Å². The average Bonchev–Trinajstić information content (AvgIpc) is 2.92. The van der Waals surface area contributed by atoms with Crippen LogP contribution < -0.4 is 5.73 Å². The molecule has 1 aromatic carbocycles. The number of tetrazole rings is 1. The van der Waals surface area contributed by atoms with Crippen LogP contribution in [-0.4, -0.2) is 32.9 Å². The molecule has 1 heterocycles. The van der Waals surface area contributed by atoms with E-state index in [1.165, 1.54) is 16.7 Å². The van der Waals surface area contributed by atoms with Crippen LogP contribution in [0.1, 0.15) is 37.9 Å². The van der Waals surface area contributed by atoms with Crippen LogP contribution in [0.5, 0.6) is 0 Å². The van der Waals surface area contributed by atoms with Gasteiger partial charge in [-0.25, -0.2) is 4.79 Å². The third-order valence-corrected chi connectivity index (χ3v) is 3.19. The minimum Gasteiger partial charge on any atom is -0.447 e. The number of hydrogen-bond donors (Lipinski definition) is 1.